The molecular weight excluding hydrogens is 480 g/mol. The third-order valence-electron chi connectivity index (χ3n) is 6.07. The standard InChI is InChI=1S/C25H38N6O6/c1-14(2)21(31-23(34)19(9-5-6-10-26)29-22(33)17(27)13-32)24(35)30-20(25(36)37)11-15-12-28-18-8-4-3-7-16(15)18/h3-4,7-8,12,14,17,19-21,28,32H,5-6,9-11,13,26-27H2,1-2H3,(H,29,33)(H,30,35)(H,31,34)(H,36,37). The highest BCUT2D eigenvalue weighted by Crippen LogP contribution is 2.19. The lowest BCUT2D eigenvalue weighted by atomic mass is 10.00. The lowest BCUT2D eigenvalue weighted by Gasteiger charge is -2.27. The van der Waals surface area contributed by atoms with Gasteiger partial charge in [-0.05, 0) is 43.4 Å². The number of aromatic nitrogens is 1. The minimum absolute atomic E-state index is 0.0423. The molecular formula is C25H38N6O6. The summed E-state index contributed by atoms with van der Waals surface area (Å²) in [6.45, 7) is 3.24. The molecule has 0 saturated carbocycles. The molecule has 0 aliphatic heterocycles. The molecule has 0 aliphatic rings. The van der Waals surface area contributed by atoms with Crippen LogP contribution in [0.3, 0.4) is 0 Å². The van der Waals surface area contributed by atoms with E-state index in [2.05, 4.69) is 20.9 Å². The van der Waals surface area contributed by atoms with Crippen molar-refractivity contribution in [2.45, 2.75) is 63.7 Å². The van der Waals surface area contributed by atoms with Gasteiger partial charge in [-0.15, -0.1) is 0 Å². The predicted octanol–water partition coefficient (Wildman–Crippen LogP) is -0.646. The number of hydrogen-bond donors (Lipinski definition) is 8. The molecule has 0 radical (unpaired) electrons. The number of aliphatic hydroxyl groups is 1. The Hall–Kier alpha value is -3.48. The van der Waals surface area contributed by atoms with Crippen LogP contribution in [0.4, 0.5) is 0 Å². The quantitative estimate of drug-likeness (QED) is 0.142. The number of para-hydroxylation sites is 1. The summed E-state index contributed by atoms with van der Waals surface area (Å²) in [4.78, 5) is 53.5. The van der Waals surface area contributed by atoms with Crippen LogP contribution in [0, 0.1) is 5.92 Å². The van der Waals surface area contributed by atoms with Crippen LogP contribution < -0.4 is 27.4 Å². The number of carbonyl (C=O) groups is 4. The average Bonchev–Trinajstić information content (AvgIpc) is 3.27. The Morgan fingerprint density at radius 2 is 1.65 bits per heavy atom. The van der Waals surface area contributed by atoms with Gasteiger partial charge in [0.25, 0.3) is 0 Å². The Kier molecular flexibility index (Phi) is 11.5. The molecule has 0 bridgehead atoms. The van der Waals surface area contributed by atoms with E-state index in [0.717, 1.165) is 16.5 Å². The minimum Gasteiger partial charge on any atom is -0.480 e. The van der Waals surface area contributed by atoms with Crippen molar-refractivity contribution in [3.05, 3.63) is 36.0 Å². The highest BCUT2D eigenvalue weighted by Gasteiger charge is 2.32. The number of aliphatic hydroxyl groups excluding tert-OH is 1. The van der Waals surface area contributed by atoms with Crippen molar-refractivity contribution in [2.24, 2.45) is 17.4 Å². The van der Waals surface area contributed by atoms with Crippen LogP contribution in [0.5, 0.6) is 0 Å². The van der Waals surface area contributed by atoms with Gasteiger partial charge >= 0.3 is 5.97 Å². The topological polar surface area (TPSA) is 213 Å². The largest absolute Gasteiger partial charge is 0.480 e. The number of fused-ring (bicyclic) bond motifs is 1. The van der Waals surface area contributed by atoms with Crippen LogP contribution in [0.2, 0.25) is 0 Å². The third-order valence-corrected chi connectivity index (χ3v) is 6.07. The molecule has 12 heteroatoms. The maximum absolute atomic E-state index is 13.1. The molecule has 0 fully saturated rings. The Bertz CT molecular complexity index is 1070. The first-order valence-electron chi connectivity index (χ1n) is 12.3. The van der Waals surface area contributed by atoms with E-state index in [4.69, 9.17) is 16.6 Å². The van der Waals surface area contributed by atoms with Crippen LogP contribution in [0.25, 0.3) is 10.9 Å². The van der Waals surface area contributed by atoms with Crippen LogP contribution >= 0.6 is 0 Å². The van der Waals surface area contributed by atoms with Crippen molar-refractivity contribution < 1.29 is 29.4 Å². The van der Waals surface area contributed by atoms with Crippen molar-refractivity contribution in [2.75, 3.05) is 13.2 Å². The number of carboxylic acids is 1. The summed E-state index contributed by atoms with van der Waals surface area (Å²) >= 11 is 0. The normalized spacial score (nSPS) is 14.5. The highest BCUT2D eigenvalue weighted by atomic mass is 16.4. The fourth-order valence-electron chi connectivity index (χ4n) is 3.89. The number of H-pyrrole nitrogens is 1. The zero-order valence-electron chi connectivity index (χ0n) is 21.2. The second kappa shape index (κ2) is 14.3. The number of nitrogens with one attached hydrogen (secondary N) is 4. The van der Waals surface area contributed by atoms with Crippen molar-refractivity contribution in [1.82, 2.24) is 20.9 Å². The number of unbranched alkanes of at least 4 members (excludes halogenated alkanes) is 1. The summed E-state index contributed by atoms with van der Waals surface area (Å²) in [5, 5.41) is 27.5. The number of aromatic amines is 1. The van der Waals surface area contributed by atoms with E-state index in [0.29, 0.717) is 19.4 Å². The van der Waals surface area contributed by atoms with Gasteiger partial charge in [0, 0.05) is 23.5 Å². The summed E-state index contributed by atoms with van der Waals surface area (Å²) in [6, 6.07) is 2.94. The van der Waals surface area contributed by atoms with E-state index in [1.165, 1.54) is 0 Å². The van der Waals surface area contributed by atoms with Gasteiger partial charge in [0.2, 0.25) is 17.7 Å². The molecule has 1 aromatic heterocycles. The van der Waals surface area contributed by atoms with Gasteiger partial charge in [-0.2, -0.15) is 0 Å². The Morgan fingerprint density at radius 1 is 0.973 bits per heavy atom. The lowest BCUT2D eigenvalue weighted by Crippen LogP contribution is -2.58. The fraction of sp³-hybridized carbons (Fsp3) is 0.520. The van der Waals surface area contributed by atoms with Crippen LogP contribution in [-0.4, -0.2) is 76.2 Å². The highest BCUT2D eigenvalue weighted by molar-refractivity contribution is 5.94. The molecule has 2 aromatic rings. The number of rotatable bonds is 15. The van der Waals surface area contributed by atoms with Crippen LogP contribution in [0.15, 0.2) is 30.5 Å². The lowest BCUT2D eigenvalue weighted by molar-refractivity contribution is -0.142. The molecule has 4 atom stereocenters. The van der Waals surface area contributed by atoms with Crippen LogP contribution in [-0.2, 0) is 25.6 Å². The minimum atomic E-state index is -1.23. The Balaban J connectivity index is 2.14. The molecule has 12 nitrogen and oxygen atoms in total. The molecule has 0 aliphatic carbocycles. The monoisotopic (exact) mass is 518 g/mol. The molecule has 0 spiro atoms. The maximum atomic E-state index is 13.1. The SMILES string of the molecule is CC(C)C(NC(=O)C(CCCCN)NC(=O)C(N)CO)C(=O)NC(Cc1c[nH]c2ccccc12)C(=O)O. The average molecular weight is 519 g/mol. The van der Waals surface area contributed by atoms with Gasteiger partial charge in [0.05, 0.1) is 6.61 Å². The first-order chi connectivity index (χ1) is 17.6. The van der Waals surface area contributed by atoms with Crippen molar-refractivity contribution in [3.63, 3.8) is 0 Å². The van der Waals surface area contributed by atoms with Gasteiger partial charge in [-0.25, -0.2) is 4.79 Å². The van der Waals surface area contributed by atoms with E-state index < -0.39 is 54.5 Å². The summed E-state index contributed by atoms with van der Waals surface area (Å²) < 4.78 is 0. The Labute approximate surface area is 215 Å². The summed E-state index contributed by atoms with van der Waals surface area (Å²) in [6.07, 6.45) is 3.15. The smallest absolute Gasteiger partial charge is 0.326 e. The summed E-state index contributed by atoms with van der Waals surface area (Å²) in [7, 11) is 0. The van der Waals surface area contributed by atoms with E-state index in [9.17, 15) is 24.3 Å². The zero-order chi connectivity index (χ0) is 27.5. The summed E-state index contributed by atoms with van der Waals surface area (Å²) in [5.41, 5.74) is 12.7. The maximum Gasteiger partial charge on any atom is 0.326 e. The molecule has 3 amide bonds. The number of carboxylic acid groups (broad SMARTS) is 1. The van der Waals surface area contributed by atoms with Crippen molar-refractivity contribution >= 4 is 34.6 Å². The number of nitrogens with two attached hydrogens (primary N) is 2. The van der Waals surface area contributed by atoms with E-state index in [1.807, 2.05) is 24.3 Å². The molecule has 37 heavy (non-hydrogen) atoms. The molecule has 1 heterocycles. The van der Waals surface area contributed by atoms with Gasteiger partial charge in [-0.3, -0.25) is 14.4 Å². The number of aliphatic carboxylic acids is 1. The fourth-order valence-corrected chi connectivity index (χ4v) is 3.89. The van der Waals surface area contributed by atoms with Crippen molar-refractivity contribution in [1.29, 1.82) is 0 Å². The predicted molar refractivity (Wildman–Crippen MR) is 138 cm³/mol. The molecule has 4 unspecified atom stereocenters. The van der Waals surface area contributed by atoms with Gasteiger partial charge in [0.1, 0.15) is 24.2 Å². The summed E-state index contributed by atoms with van der Waals surface area (Å²) in [5.74, 6) is -3.57. The van der Waals surface area contributed by atoms with E-state index in [1.54, 1.807) is 20.0 Å². The second-order valence-electron chi connectivity index (χ2n) is 9.33. The van der Waals surface area contributed by atoms with Crippen molar-refractivity contribution in [3.8, 4) is 0 Å². The first-order valence-corrected chi connectivity index (χ1v) is 12.3. The number of benzene rings is 1. The number of carbonyl (C=O) groups excluding carboxylic acids is 3. The molecule has 10 N–H and O–H groups in total. The van der Waals surface area contributed by atoms with Gasteiger partial charge < -0.3 is 42.6 Å². The molecule has 2 rings (SSSR count). The third kappa shape index (κ3) is 8.55. The molecule has 1 aromatic carbocycles. The number of amides is 3. The van der Waals surface area contributed by atoms with E-state index >= 15 is 0 Å². The Morgan fingerprint density at radius 3 is 2.27 bits per heavy atom. The van der Waals surface area contributed by atoms with Crippen LogP contribution in [0.1, 0.15) is 38.7 Å². The molecule has 204 valence electrons. The second-order valence-corrected chi connectivity index (χ2v) is 9.33. The van der Waals surface area contributed by atoms with E-state index in [-0.39, 0.29) is 18.8 Å². The molecule has 0 saturated heterocycles. The number of hydrogen-bond acceptors (Lipinski definition) is 7. The first kappa shape index (κ1) is 29.7. The van der Waals surface area contributed by atoms with Gasteiger partial charge in [-0.1, -0.05) is 32.0 Å². The van der Waals surface area contributed by atoms with Gasteiger partial charge in [0.15, 0.2) is 0 Å². The zero-order valence-corrected chi connectivity index (χ0v) is 21.2.